The smallest absolute Gasteiger partial charge is 0.154 e. The third-order valence-electron chi connectivity index (χ3n) is 2.99. The summed E-state index contributed by atoms with van der Waals surface area (Å²) < 4.78 is 5.34. The zero-order chi connectivity index (χ0) is 10.1. The van der Waals surface area contributed by atoms with Crippen molar-refractivity contribution in [2.45, 2.75) is 33.2 Å². The Kier molecular flexibility index (Phi) is 2.59. The first-order chi connectivity index (χ1) is 6.70. The second-order valence-corrected chi connectivity index (χ2v) is 4.31. The molecule has 3 nitrogen and oxygen atoms in total. The highest BCUT2D eigenvalue weighted by Gasteiger charge is 2.31. The average Bonchev–Trinajstić information content (AvgIpc) is 2.71. The van der Waals surface area contributed by atoms with Gasteiger partial charge in [-0.3, -0.25) is 4.90 Å². The fourth-order valence-corrected chi connectivity index (χ4v) is 2.32. The summed E-state index contributed by atoms with van der Waals surface area (Å²) in [6.45, 7) is 8.75. The van der Waals surface area contributed by atoms with Gasteiger partial charge in [-0.2, -0.15) is 0 Å². The molecule has 1 saturated heterocycles. The molecule has 2 unspecified atom stereocenters. The van der Waals surface area contributed by atoms with Crippen molar-refractivity contribution in [3.05, 3.63) is 17.5 Å². The molecular weight excluding hydrogens is 176 g/mol. The van der Waals surface area contributed by atoms with Gasteiger partial charge < -0.3 is 4.52 Å². The Balaban J connectivity index is 2.17. The summed E-state index contributed by atoms with van der Waals surface area (Å²) in [7, 11) is 0. The lowest BCUT2D eigenvalue weighted by Crippen LogP contribution is -2.22. The fraction of sp³-hybridized carbons (Fsp3) is 0.727. The van der Waals surface area contributed by atoms with Crippen LogP contribution >= 0.6 is 0 Å². The molecule has 0 saturated carbocycles. The second-order valence-electron chi connectivity index (χ2n) is 4.31. The molecule has 78 valence electrons. The number of likely N-dealkylation sites (tertiary alicyclic amines) is 1. The van der Waals surface area contributed by atoms with Gasteiger partial charge in [0.2, 0.25) is 0 Å². The number of hydrogen-bond acceptors (Lipinski definition) is 3. The molecular formula is C11H18N2O. The Hall–Kier alpha value is -0.830. The quantitative estimate of drug-likeness (QED) is 0.724. The zero-order valence-electron chi connectivity index (χ0n) is 9.16. The van der Waals surface area contributed by atoms with Gasteiger partial charge in [-0.15, -0.1) is 0 Å². The Bertz CT molecular complexity index is 308. The minimum Gasteiger partial charge on any atom is -0.359 e. The first-order valence-electron chi connectivity index (χ1n) is 5.38. The molecule has 0 aliphatic carbocycles. The molecule has 14 heavy (non-hydrogen) atoms. The molecule has 0 spiro atoms. The van der Waals surface area contributed by atoms with Crippen LogP contribution in [0.5, 0.6) is 0 Å². The van der Waals surface area contributed by atoms with E-state index in [0.29, 0.717) is 6.04 Å². The van der Waals surface area contributed by atoms with Crippen LogP contribution in [0.3, 0.4) is 0 Å². The van der Waals surface area contributed by atoms with E-state index in [1.54, 1.807) is 0 Å². The summed E-state index contributed by atoms with van der Waals surface area (Å²) in [6, 6.07) is 2.52. The van der Waals surface area contributed by atoms with Gasteiger partial charge in [-0.05, 0) is 25.8 Å². The molecule has 0 aromatic carbocycles. The van der Waals surface area contributed by atoms with Gasteiger partial charge in [-0.25, -0.2) is 0 Å². The molecule has 0 N–H and O–H groups in total. The van der Waals surface area contributed by atoms with Crippen LogP contribution in [-0.4, -0.2) is 23.1 Å². The van der Waals surface area contributed by atoms with Gasteiger partial charge in [0.15, 0.2) is 5.76 Å². The van der Waals surface area contributed by atoms with Gasteiger partial charge in [0.1, 0.15) is 0 Å². The van der Waals surface area contributed by atoms with Gasteiger partial charge >= 0.3 is 0 Å². The van der Waals surface area contributed by atoms with E-state index >= 15 is 0 Å². The molecule has 1 aromatic rings. The van der Waals surface area contributed by atoms with E-state index in [1.807, 2.05) is 6.92 Å². The minimum absolute atomic E-state index is 0.455. The summed E-state index contributed by atoms with van der Waals surface area (Å²) in [4.78, 5) is 2.46. The normalized spacial score (nSPS) is 28.5. The maximum atomic E-state index is 5.34. The van der Waals surface area contributed by atoms with Crippen molar-refractivity contribution in [3.8, 4) is 0 Å². The summed E-state index contributed by atoms with van der Waals surface area (Å²) in [5.41, 5.74) is 0.982. The molecule has 1 aliphatic rings. The average molecular weight is 194 g/mol. The first-order valence-corrected chi connectivity index (χ1v) is 5.38. The van der Waals surface area contributed by atoms with Crippen molar-refractivity contribution in [3.63, 3.8) is 0 Å². The van der Waals surface area contributed by atoms with Crippen molar-refractivity contribution in [1.82, 2.24) is 10.1 Å². The minimum atomic E-state index is 0.455. The van der Waals surface area contributed by atoms with Gasteiger partial charge in [0.25, 0.3) is 0 Å². The Morgan fingerprint density at radius 2 is 2.43 bits per heavy atom. The third-order valence-corrected chi connectivity index (χ3v) is 2.99. The van der Waals surface area contributed by atoms with Crippen LogP contribution in [-0.2, 0) is 0 Å². The van der Waals surface area contributed by atoms with Crippen LogP contribution in [0.25, 0.3) is 0 Å². The zero-order valence-corrected chi connectivity index (χ0v) is 9.16. The van der Waals surface area contributed by atoms with Crippen molar-refractivity contribution < 1.29 is 4.52 Å². The highest BCUT2D eigenvalue weighted by molar-refractivity contribution is 5.10. The lowest BCUT2D eigenvalue weighted by molar-refractivity contribution is 0.222. The highest BCUT2D eigenvalue weighted by atomic mass is 16.5. The standard InChI is InChI=1S/C11H18N2O/c1-4-13-7-8(2)5-10(13)11-6-9(3)12-14-11/h6,8,10H,4-5,7H2,1-3H3. The number of nitrogens with zero attached hydrogens (tertiary/aromatic N) is 2. The van der Waals surface area contributed by atoms with E-state index in [-0.39, 0.29) is 0 Å². The molecule has 1 aliphatic heterocycles. The van der Waals surface area contributed by atoms with E-state index < -0.39 is 0 Å². The largest absolute Gasteiger partial charge is 0.359 e. The molecule has 2 atom stereocenters. The SMILES string of the molecule is CCN1CC(C)CC1c1cc(C)no1. The van der Waals surface area contributed by atoms with E-state index in [9.17, 15) is 0 Å². The Labute approximate surface area is 85.1 Å². The number of aryl methyl sites for hydroxylation is 1. The topological polar surface area (TPSA) is 29.3 Å². The maximum absolute atomic E-state index is 5.34. The summed E-state index contributed by atoms with van der Waals surface area (Å²) >= 11 is 0. The fourth-order valence-electron chi connectivity index (χ4n) is 2.32. The van der Waals surface area contributed by atoms with Crippen molar-refractivity contribution in [2.75, 3.05) is 13.1 Å². The van der Waals surface area contributed by atoms with Crippen molar-refractivity contribution in [2.24, 2.45) is 5.92 Å². The summed E-state index contributed by atoms with van der Waals surface area (Å²) in [6.07, 6.45) is 1.20. The van der Waals surface area contributed by atoms with Crippen molar-refractivity contribution in [1.29, 1.82) is 0 Å². The van der Waals surface area contributed by atoms with Crippen LogP contribution in [0.1, 0.15) is 37.8 Å². The number of rotatable bonds is 2. The lowest BCUT2D eigenvalue weighted by atomic mass is 10.1. The van der Waals surface area contributed by atoms with E-state index in [0.717, 1.165) is 23.9 Å². The van der Waals surface area contributed by atoms with E-state index in [1.165, 1.54) is 13.0 Å². The molecule has 0 bridgehead atoms. The van der Waals surface area contributed by atoms with Gasteiger partial charge in [0.05, 0.1) is 11.7 Å². The van der Waals surface area contributed by atoms with Crippen LogP contribution in [0, 0.1) is 12.8 Å². The highest BCUT2D eigenvalue weighted by Crippen LogP contribution is 2.34. The summed E-state index contributed by atoms with van der Waals surface area (Å²) in [5, 5.41) is 3.95. The molecule has 0 radical (unpaired) electrons. The molecule has 1 fully saturated rings. The number of hydrogen-bond donors (Lipinski definition) is 0. The van der Waals surface area contributed by atoms with Gasteiger partial charge in [-0.1, -0.05) is 19.0 Å². The Morgan fingerprint density at radius 1 is 1.64 bits per heavy atom. The first kappa shape index (κ1) is 9.71. The van der Waals surface area contributed by atoms with Crippen LogP contribution in [0.2, 0.25) is 0 Å². The predicted molar refractivity (Wildman–Crippen MR) is 55.0 cm³/mol. The molecule has 1 aromatic heterocycles. The predicted octanol–water partition coefficient (Wildman–Crippen LogP) is 2.39. The summed E-state index contributed by atoms with van der Waals surface area (Å²) in [5.74, 6) is 1.80. The van der Waals surface area contributed by atoms with Gasteiger partial charge in [0, 0.05) is 12.6 Å². The maximum Gasteiger partial charge on any atom is 0.154 e. The van der Waals surface area contributed by atoms with E-state index in [4.69, 9.17) is 4.52 Å². The molecule has 0 amide bonds. The molecule has 3 heteroatoms. The lowest BCUT2D eigenvalue weighted by Gasteiger charge is -2.19. The van der Waals surface area contributed by atoms with Crippen LogP contribution in [0.4, 0.5) is 0 Å². The third kappa shape index (κ3) is 1.69. The van der Waals surface area contributed by atoms with E-state index in [2.05, 4.69) is 30.0 Å². The Morgan fingerprint density at radius 3 is 3.00 bits per heavy atom. The van der Waals surface area contributed by atoms with Crippen LogP contribution in [0.15, 0.2) is 10.6 Å². The molecule has 2 heterocycles. The second kappa shape index (κ2) is 3.73. The molecule has 2 rings (SSSR count). The monoisotopic (exact) mass is 194 g/mol. The van der Waals surface area contributed by atoms with Crippen LogP contribution < -0.4 is 0 Å². The van der Waals surface area contributed by atoms with Crippen molar-refractivity contribution >= 4 is 0 Å². The number of aromatic nitrogens is 1.